The molecule has 0 bridgehead atoms. The number of nitrogens with one attached hydrogen (secondary N) is 1. The molecule has 0 saturated carbocycles. The van der Waals surface area contributed by atoms with Crippen molar-refractivity contribution < 1.29 is 33.1 Å². The summed E-state index contributed by atoms with van der Waals surface area (Å²) in [4.78, 5) is 20.5. The molecule has 0 aliphatic carbocycles. The summed E-state index contributed by atoms with van der Waals surface area (Å²) < 4.78 is 36.2. The number of halogens is 3. The largest absolute Gasteiger partial charge is 0.502 e. The molecule has 0 saturated heterocycles. The normalized spacial score (nSPS) is 14.3. The number of phenolic OH excluding ortho intramolecular Hbond substituents is 1. The molecule has 0 spiro atoms. The van der Waals surface area contributed by atoms with E-state index >= 15 is 0 Å². The minimum atomic E-state index is -5.10. The maximum Gasteiger partial charge on any atom is 0.471 e. The summed E-state index contributed by atoms with van der Waals surface area (Å²) in [5, 5.41) is 31.2. The third kappa shape index (κ3) is 4.05. The first kappa shape index (κ1) is 16.7. The van der Waals surface area contributed by atoms with Crippen LogP contribution in [0.2, 0.25) is 0 Å². The first-order valence-electron chi connectivity index (χ1n) is 5.57. The van der Waals surface area contributed by atoms with E-state index in [0.717, 1.165) is 25.1 Å². The van der Waals surface area contributed by atoms with Crippen molar-refractivity contribution >= 4 is 11.6 Å². The van der Waals surface area contributed by atoms with Crippen molar-refractivity contribution in [3.8, 4) is 5.75 Å². The Morgan fingerprint density at radius 3 is 2.48 bits per heavy atom. The molecule has 10 heteroatoms. The van der Waals surface area contributed by atoms with Crippen molar-refractivity contribution in [3.05, 3.63) is 33.9 Å². The predicted molar refractivity (Wildman–Crippen MR) is 63.4 cm³/mol. The summed E-state index contributed by atoms with van der Waals surface area (Å²) in [7, 11) is 0. The van der Waals surface area contributed by atoms with Gasteiger partial charge < -0.3 is 15.5 Å². The fourth-order valence-electron chi connectivity index (χ4n) is 1.53. The van der Waals surface area contributed by atoms with E-state index in [-0.39, 0.29) is 5.56 Å². The predicted octanol–water partition coefficient (Wildman–Crippen LogP) is 1.40. The Bertz CT molecular complexity index is 561. The summed E-state index contributed by atoms with van der Waals surface area (Å²) in [6.07, 6.45) is -6.72. The monoisotopic (exact) mass is 308 g/mol. The van der Waals surface area contributed by atoms with Gasteiger partial charge in [-0.15, -0.1) is 0 Å². The van der Waals surface area contributed by atoms with E-state index in [0.29, 0.717) is 0 Å². The Labute approximate surface area is 116 Å². The smallest absolute Gasteiger partial charge is 0.471 e. The van der Waals surface area contributed by atoms with Gasteiger partial charge in [-0.1, -0.05) is 6.07 Å². The number of phenols is 1. The number of carbonyl (C=O) groups is 1. The number of alkyl halides is 3. The van der Waals surface area contributed by atoms with Crippen LogP contribution >= 0.6 is 0 Å². The van der Waals surface area contributed by atoms with Crippen LogP contribution in [0.25, 0.3) is 0 Å². The Morgan fingerprint density at radius 1 is 1.43 bits per heavy atom. The average Bonchev–Trinajstić information content (AvgIpc) is 2.36. The molecule has 1 amide bonds. The SMILES string of the molecule is C[C@H](NC(=O)C(F)(F)F)[C@@H](O)c1ccc(O)c([N+](=O)[O-])c1. The van der Waals surface area contributed by atoms with Crippen LogP contribution in [-0.2, 0) is 4.79 Å². The molecule has 7 nitrogen and oxygen atoms in total. The summed E-state index contributed by atoms with van der Waals surface area (Å²) in [6.45, 7) is 1.10. The van der Waals surface area contributed by atoms with Crippen LogP contribution in [0, 0.1) is 10.1 Å². The zero-order valence-corrected chi connectivity index (χ0v) is 10.6. The average molecular weight is 308 g/mol. The fourth-order valence-corrected chi connectivity index (χ4v) is 1.53. The highest BCUT2D eigenvalue weighted by molar-refractivity contribution is 5.82. The Hall–Kier alpha value is -2.36. The second kappa shape index (κ2) is 5.95. The van der Waals surface area contributed by atoms with Crippen molar-refractivity contribution in [1.29, 1.82) is 0 Å². The number of aliphatic hydroxyl groups excluding tert-OH is 1. The summed E-state index contributed by atoms with van der Waals surface area (Å²) in [6, 6.07) is 1.50. The molecule has 21 heavy (non-hydrogen) atoms. The number of benzene rings is 1. The Balaban J connectivity index is 2.93. The first-order chi connectivity index (χ1) is 9.54. The number of nitro benzene ring substituents is 1. The highest BCUT2D eigenvalue weighted by Gasteiger charge is 2.40. The minimum Gasteiger partial charge on any atom is -0.502 e. The van der Waals surface area contributed by atoms with Crippen LogP contribution in [0.5, 0.6) is 5.75 Å². The molecule has 0 aromatic heterocycles. The molecular weight excluding hydrogens is 297 g/mol. The number of nitrogens with zero attached hydrogens (tertiary/aromatic N) is 1. The number of amides is 1. The molecule has 0 heterocycles. The molecule has 2 atom stereocenters. The second-order valence-electron chi connectivity index (χ2n) is 4.21. The maximum atomic E-state index is 12.1. The molecule has 0 aliphatic rings. The minimum absolute atomic E-state index is 0.116. The molecule has 116 valence electrons. The third-order valence-electron chi connectivity index (χ3n) is 2.63. The molecule has 0 fully saturated rings. The van der Waals surface area contributed by atoms with Gasteiger partial charge >= 0.3 is 17.8 Å². The molecule has 0 radical (unpaired) electrons. The van der Waals surface area contributed by atoms with E-state index in [4.69, 9.17) is 0 Å². The van der Waals surface area contributed by atoms with Gasteiger partial charge in [-0.25, -0.2) is 0 Å². The fraction of sp³-hybridized carbons (Fsp3) is 0.364. The highest BCUT2D eigenvalue weighted by atomic mass is 19.4. The standard InChI is InChI=1S/C11H11F3N2O5/c1-5(15-10(19)11(12,13)14)9(18)6-2-3-8(17)7(4-6)16(20)21/h2-5,9,17-18H,1H3,(H,15,19)/t5-,9+/m0/s1. The van der Waals surface area contributed by atoms with E-state index in [9.17, 15) is 38.3 Å². The van der Waals surface area contributed by atoms with E-state index < -0.39 is 40.6 Å². The molecule has 1 aromatic carbocycles. The number of aliphatic hydroxyl groups is 1. The lowest BCUT2D eigenvalue weighted by Gasteiger charge is -2.21. The zero-order chi connectivity index (χ0) is 16.4. The number of hydrogen-bond acceptors (Lipinski definition) is 5. The quantitative estimate of drug-likeness (QED) is 0.575. The zero-order valence-electron chi connectivity index (χ0n) is 10.6. The molecule has 1 rings (SSSR count). The van der Waals surface area contributed by atoms with Crippen molar-refractivity contribution in [3.63, 3.8) is 0 Å². The van der Waals surface area contributed by atoms with Gasteiger partial charge in [-0.3, -0.25) is 14.9 Å². The van der Waals surface area contributed by atoms with Gasteiger partial charge in [0, 0.05) is 6.07 Å². The molecule has 1 aromatic rings. The van der Waals surface area contributed by atoms with E-state index in [1.807, 2.05) is 0 Å². The molecule has 0 aliphatic heterocycles. The van der Waals surface area contributed by atoms with Crippen molar-refractivity contribution in [2.45, 2.75) is 25.2 Å². The number of rotatable bonds is 4. The van der Waals surface area contributed by atoms with Gasteiger partial charge in [0.15, 0.2) is 5.75 Å². The highest BCUT2D eigenvalue weighted by Crippen LogP contribution is 2.30. The van der Waals surface area contributed by atoms with Crippen molar-refractivity contribution in [2.24, 2.45) is 0 Å². The molecular formula is C11H11F3N2O5. The van der Waals surface area contributed by atoms with Gasteiger partial charge in [0.25, 0.3) is 0 Å². The van der Waals surface area contributed by atoms with Crippen molar-refractivity contribution in [1.82, 2.24) is 5.32 Å². The van der Waals surface area contributed by atoms with Gasteiger partial charge in [0.2, 0.25) is 0 Å². The van der Waals surface area contributed by atoms with Gasteiger partial charge in [-0.05, 0) is 18.6 Å². The molecule has 0 unspecified atom stereocenters. The lowest BCUT2D eigenvalue weighted by molar-refractivity contribution is -0.386. The van der Waals surface area contributed by atoms with E-state index in [1.54, 1.807) is 0 Å². The Morgan fingerprint density at radius 2 is 2.00 bits per heavy atom. The second-order valence-corrected chi connectivity index (χ2v) is 4.21. The van der Waals surface area contributed by atoms with Crippen LogP contribution in [-0.4, -0.2) is 33.3 Å². The van der Waals surface area contributed by atoms with Crippen molar-refractivity contribution in [2.75, 3.05) is 0 Å². The van der Waals surface area contributed by atoms with Gasteiger partial charge in [0.05, 0.1) is 17.1 Å². The van der Waals surface area contributed by atoms with Gasteiger partial charge in [0.1, 0.15) is 0 Å². The maximum absolute atomic E-state index is 12.1. The number of aromatic hydroxyl groups is 1. The third-order valence-corrected chi connectivity index (χ3v) is 2.63. The molecule has 3 N–H and O–H groups in total. The van der Waals surface area contributed by atoms with Crippen LogP contribution in [0.15, 0.2) is 18.2 Å². The van der Waals surface area contributed by atoms with E-state index in [1.165, 1.54) is 5.32 Å². The van der Waals surface area contributed by atoms with E-state index in [2.05, 4.69) is 0 Å². The first-order valence-corrected chi connectivity index (χ1v) is 5.57. The van der Waals surface area contributed by atoms with Gasteiger partial charge in [-0.2, -0.15) is 13.2 Å². The topological polar surface area (TPSA) is 113 Å². The lowest BCUT2D eigenvalue weighted by atomic mass is 10.0. The van der Waals surface area contributed by atoms with Crippen LogP contribution in [0.3, 0.4) is 0 Å². The Kier molecular flexibility index (Phi) is 4.73. The number of nitro groups is 1. The number of hydrogen-bond donors (Lipinski definition) is 3. The summed E-state index contributed by atoms with van der Waals surface area (Å²) in [5.41, 5.74) is -0.824. The van der Waals surface area contributed by atoms with Crippen LogP contribution < -0.4 is 5.32 Å². The summed E-state index contributed by atoms with van der Waals surface area (Å²) in [5.74, 6) is -2.88. The van der Waals surface area contributed by atoms with Crippen LogP contribution in [0.4, 0.5) is 18.9 Å². The lowest BCUT2D eigenvalue weighted by Crippen LogP contribution is -2.44. The van der Waals surface area contributed by atoms with Crippen LogP contribution in [0.1, 0.15) is 18.6 Å². The summed E-state index contributed by atoms with van der Waals surface area (Å²) >= 11 is 0. The number of carbonyl (C=O) groups excluding carboxylic acids is 1.